The van der Waals surface area contributed by atoms with Crippen LogP contribution in [0.2, 0.25) is 0 Å². The van der Waals surface area contributed by atoms with Crippen molar-refractivity contribution in [3.05, 3.63) is 48.6 Å². The Labute approximate surface area is 137 Å². The molecule has 23 heavy (non-hydrogen) atoms. The van der Waals surface area contributed by atoms with E-state index in [1.807, 2.05) is 35.2 Å². The van der Waals surface area contributed by atoms with E-state index in [-0.39, 0.29) is 18.2 Å². The first-order valence-electron chi connectivity index (χ1n) is 8.43. The first-order chi connectivity index (χ1) is 11.1. The predicted octanol–water partition coefficient (Wildman–Crippen LogP) is 3.65. The quantitative estimate of drug-likeness (QED) is 0.863. The monoisotopic (exact) mass is 315 g/mol. The summed E-state index contributed by atoms with van der Waals surface area (Å²) >= 11 is 0. The van der Waals surface area contributed by atoms with Gasteiger partial charge in [0.05, 0.1) is 5.60 Å². The molecule has 1 N–H and O–H groups in total. The van der Waals surface area contributed by atoms with Crippen LogP contribution in [0.3, 0.4) is 0 Å². The van der Waals surface area contributed by atoms with E-state index in [4.69, 9.17) is 4.74 Å². The average Bonchev–Trinajstić information content (AvgIpc) is 2.53. The number of carbonyl (C=O) groups excluding carboxylic acids is 1. The number of hydrogen-bond donors (Lipinski definition) is 1. The van der Waals surface area contributed by atoms with Crippen molar-refractivity contribution in [3.63, 3.8) is 0 Å². The molecule has 0 aromatic heterocycles. The maximum Gasteiger partial charge on any atom is 0.410 e. The minimum atomic E-state index is -0.715. The molecule has 4 nitrogen and oxygen atoms in total. The summed E-state index contributed by atoms with van der Waals surface area (Å²) in [6, 6.07) is 9.88. The van der Waals surface area contributed by atoms with E-state index in [2.05, 4.69) is 6.58 Å². The highest BCUT2D eigenvalue weighted by atomic mass is 16.6. The molecule has 124 valence electrons. The zero-order valence-electron chi connectivity index (χ0n) is 13.5. The smallest absolute Gasteiger partial charge is 0.410 e. The number of amides is 1. The van der Waals surface area contributed by atoms with Crippen LogP contribution < -0.4 is 0 Å². The topological polar surface area (TPSA) is 49.8 Å². The minimum Gasteiger partial charge on any atom is -0.445 e. The third-order valence-corrected chi connectivity index (χ3v) is 5.03. The molecule has 1 amide bonds. The molecule has 2 fully saturated rings. The summed E-state index contributed by atoms with van der Waals surface area (Å²) in [6.45, 7) is 4.04. The third kappa shape index (κ3) is 3.58. The Morgan fingerprint density at radius 1 is 1.30 bits per heavy atom. The molecule has 2 bridgehead atoms. The Morgan fingerprint density at radius 3 is 2.57 bits per heavy atom. The van der Waals surface area contributed by atoms with E-state index in [1.54, 1.807) is 6.08 Å². The van der Waals surface area contributed by atoms with Crippen molar-refractivity contribution in [3.8, 4) is 0 Å². The van der Waals surface area contributed by atoms with Crippen LogP contribution >= 0.6 is 0 Å². The maximum atomic E-state index is 12.6. The van der Waals surface area contributed by atoms with E-state index < -0.39 is 5.60 Å². The van der Waals surface area contributed by atoms with Crippen molar-refractivity contribution >= 4 is 6.09 Å². The summed E-state index contributed by atoms with van der Waals surface area (Å²) in [5, 5.41) is 10.7. The molecular weight excluding hydrogens is 290 g/mol. The number of fused-ring (bicyclic) bond motifs is 2. The molecule has 0 spiro atoms. The van der Waals surface area contributed by atoms with Gasteiger partial charge in [0.1, 0.15) is 6.61 Å². The molecule has 0 radical (unpaired) electrons. The van der Waals surface area contributed by atoms with Gasteiger partial charge >= 0.3 is 6.09 Å². The Balaban J connectivity index is 1.65. The number of hydrogen-bond acceptors (Lipinski definition) is 3. The molecule has 2 heterocycles. The van der Waals surface area contributed by atoms with Gasteiger partial charge in [0.15, 0.2) is 0 Å². The summed E-state index contributed by atoms with van der Waals surface area (Å²) in [4.78, 5) is 14.4. The molecule has 2 aliphatic heterocycles. The molecule has 1 aromatic carbocycles. The molecule has 0 aliphatic carbocycles. The number of aliphatic hydroxyl groups is 1. The van der Waals surface area contributed by atoms with Crippen LogP contribution in [-0.4, -0.2) is 33.8 Å². The average molecular weight is 315 g/mol. The molecule has 2 saturated heterocycles. The first kappa shape index (κ1) is 16.1. The molecule has 0 saturated carbocycles. The van der Waals surface area contributed by atoms with Crippen LogP contribution in [0.1, 0.15) is 44.1 Å². The highest BCUT2D eigenvalue weighted by Gasteiger charge is 2.47. The van der Waals surface area contributed by atoms with E-state index in [9.17, 15) is 9.90 Å². The lowest BCUT2D eigenvalue weighted by atomic mass is 9.74. The lowest BCUT2D eigenvalue weighted by Gasteiger charge is -2.51. The maximum absolute atomic E-state index is 12.6. The van der Waals surface area contributed by atoms with Crippen LogP contribution in [-0.2, 0) is 11.3 Å². The zero-order chi connectivity index (χ0) is 16.3. The number of ether oxygens (including phenoxy) is 1. The van der Waals surface area contributed by atoms with Gasteiger partial charge in [-0.1, -0.05) is 36.4 Å². The number of nitrogens with zero attached hydrogens (tertiary/aromatic N) is 1. The van der Waals surface area contributed by atoms with Crippen LogP contribution in [0.25, 0.3) is 0 Å². The number of piperidine rings is 2. The molecule has 3 rings (SSSR count). The molecule has 2 aliphatic rings. The zero-order valence-corrected chi connectivity index (χ0v) is 13.5. The third-order valence-electron chi connectivity index (χ3n) is 5.03. The van der Waals surface area contributed by atoms with Gasteiger partial charge in [-0.25, -0.2) is 4.79 Å². The second-order valence-corrected chi connectivity index (χ2v) is 6.81. The van der Waals surface area contributed by atoms with Gasteiger partial charge < -0.3 is 14.7 Å². The van der Waals surface area contributed by atoms with Gasteiger partial charge in [0.2, 0.25) is 0 Å². The fraction of sp³-hybridized carbons (Fsp3) is 0.526. The number of rotatable bonds is 4. The van der Waals surface area contributed by atoms with E-state index in [0.29, 0.717) is 25.9 Å². The highest BCUT2D eigenvalue weighted by molar-refractivity contribution is 5.69. The fourth-order valence-electron chi connectivity index (χ4n) is 4.05. The predicted molar refractivity (Wildman–Crippen MR) is 88.9 cm³/mol. The van der Waals surface area contributed by atoms with Gasteiger partial charge in [-0.15, -0.1) is 6.58 Å². The van der Waals surface area contributed by atoms with Crippen LogP contribution in [0.5, 0.6) is 0 Å². The summed E-state index contributed by atoms with van der Waals surface area (Å²) in [5.74, 6) is 0. The fourth-order valence-corrected chi connectivity index (χ4v) is 4.05. The lowest BCUT2D eigenvalue weighted by Crippen LogP contribution is -2.59. The van der Waals surface area contributed by atoms with Gasteiger partial charge in [-0.3, -0.25) is 0 Å². The second-order valence-electron chi connectivity index (χ2n) is 6.81. The van der Waals surface area contributed by atoms with Crippen molar-refractivity contribution in [2.45, 2.75) is 62.8 Å². The van der Waals surface area contributed by atoms with Crippen molar-refractivity contribution in [2.75, 3.05) is 0 Å². The molecule has 2 unspecified atom stereocenters. The largest absolute Gasteiger partial charge is 0.445 e. The Bertz CT molecular complexity index is 543. The van der Waals surface area contributed by atoms with Crippen LogP contribution in [0.15, 0.2) is 43.0 Å². The van der Waals surface area contributed by atoms with Gasteiger partial charge in [0, 0.05) is 12.1 Å². The Kier molecular flexibility index (Phi) is 4.71. The van der Waals surface area contributed by atoms with E-state index in [1.165, 1.54) is 0 Å². The standard InChI is InChI=1S/C19H25NO3/c1-2-11-19(22)12-16-9-6-10-17(13-19)20(16)18(21)23-14-15-7-4-3-5-8-15/h2-5,7-8,16-17,22H,1,6,9-14H2. The second kappa shape index (κ2) is 6.75. The highest BCUT2D eigenvalue weighted by Crippen LogP contribution is 2.41. The Morgan fingerprint density at radius 2 is 1.96 bits per heavy atom. The molecule has 4 heteroatoms. The molecule has 2 atom stereocenters. The lowest BCUT2D eigenvalue weighted by molar-refractivity contribution is -0.0832. The molecule has 1 aromatic rings. The van der Waals surface area contributed by atoms with Gasteiger partial charge in [-0.05, 0) is 44.1 Å². The van der Waals surface area contributed by atoms with Crippen molar-refractivity contribution < 1.29 is 14.6 Å². The summed E-state index contributed by atoms with van der Waals surface area (Å²) in [7, 11) is 0. The van der Waals surface area contributed by atoms with Crippen molar-refractivity contribution in [1.29, 1.82) is 0 Å². The SMILES string of the molecule is C=CCC1(O)CC2CCCC(C1)N2C(=O)OCc1ccccc1. The number of carbonyl (C=O) groups is 1. The van der Waals surface area contributed by atoms with Crippen LogP contribution in [0.4, 0.5) is 4.79 Å². The number of benzene rings is 1. The van der Waals surface area contributed by atoms with E-state index in [0.717, 1.165) is 24.8 Å². The van der Waals surface area contributed by atoms with Crippen molar-refractivity contribution in [2.24, 2.45) is 0 Å². The first-order valence-corrected chi connectivity index (χ1v) is 8.43. The summed E-state index contributed by atoms with van der Waals surface area (Å²) in [5.41, 5.74) is 0.277. The van der Waals surface area contributed by atoms with Crippen molar-refractivity contribution in [1.82, 2.24) is 4.90 Å². The van der Waals surface area contributed by atoms with E-state index >= 15 is 0 Å². The normalized spacial score (nSPS) is 29.9. The summed E-state index contributed by atoms with van der Waals surface area (Å²) in [6.07, 6.45) is 6.36. The Hall–Kier alpha value is -1.81. The summed E-state index contributed by atoms with van der Waals surface area (Å²) < 4.78 is 5.52. The minimum absolute atomic E-state index is 0.0794. The van der Waals surface area contributed by atoms with Gasteiger partial charge in [-0.2, -0.15) is 0 Å². The van der Waals surface area contributed by atoms with Crippen LogP contribution in [0, 0.1) is 0 Å². The van der Waals surface area contributed by atoms with Gasteiger partial charge in [0.25, 0.3) is 0 Å². The molecular formula is C19H25NO3.